The monoisotopic (exact) mass is 566 g/mol. The molecule has 204 valence electrons. The molecule has 1 aromatic carbocycles. The number of nitrogens with zero attached hydrogens (tertiary/aromatic N) is 6. The van der Waals surface area contributed by atoms with Crippen LogP contribution in [0.2, 0.25) is 0 Å². The van der Waals surface area contributed by atoms with Gasteiger partial charge in [0, 0.05) is 74.6 Å². The Morgan fingerprint density at radius 3 is 2.64 bits per heavy atom. The number of amides is 1. The summed E-state index contributed by atoms with van der Waals surface area (Å²) in [5, 5.41) is 7.32. The van der Waals surface area contributed by atoms with E-state index in [-0.39, 0.29) is 16.2 Å². The van der Waals surface area contributed by atoms with E-state index in [1.165, 1.54) is 11.2 Å². The molecule has 1 amide bonds. The maximum Gasteiger partial charge on any atom is 0.254 e. The zero-order valence-electron chi connectivity index (χ0n) is 22.0. The van der Waals surface area contributed by atoms with Crippen molar-refractivity contribution in [2.24, 2.45) is 0 Å². The number of thiazole rings is 1. The Kier molecular flexibility index (Phi) is 7.84. The molecule has 1 atom stereocenters. The second kappa shape index (κ2) is 11.3. The quantitative estimate of drug-likeness (QED) is 0.330. The second-order valence-corrected chi connectivity index (χ2v) is 12.6. The van der Waals surface area contributed by atoms with Gasteiger partial charge in [0.25, 0.3) is 10.0 Å². The van der Waals surface area contributed by atoms with Gasteiger partial charge in [0.15, 0.2) is 9.34 Å². The number of piperazine rings is 1. The summed E-state index contributed by atoms with van der Waals surface area (Å²) in [5.74, 6) is 0.475. The van der Waals surface area contributed by atoms with Crippen LogP contribution >= 0.6 is 11.3 Å². The molecule has 0 bridgehead atoms. The number of carbonyl (C=O) groups excluding carboxylic acids is 1. The normalized spacial score (nSPS) is 15.8. The summed E-state index contributed by atoms with van der Waals surface area (Å²) in [6, 6.07) is 10.0. The summed E-state index contributed by atoms with van der Waals surface area (Å²) >= 11 is 0.990. The Labute approximate surface area is 231 Å². The van der Waals surface area contributed by atoms with Gasteiger partial charge in [-0.1, -0.05) is 29.5 Å². The van der Waals surface area contributed by atoms with E-state index in [2.05, 4.69) is 42.4 Å². The predicted molar refractivity (Wildman–Crippen MR) is 152 cm³/mol. The molecule has 0 saturated carbocycles. The van der Waals surface area contributed by atoms with Crippen LogP contribution in [-0.2, 0) is 14.8 Å². The average molecular weight is 567 g/mol. The summed E-state index contributed by atoms with van der Waals surface area (Å²) in [6.07, 6.45) is 5.14. The minimum Gasteiger partial charge on any atom is -0.366 e. The first-order chi connectivity index (χ1) is 18.7. The van der Waals surface area contributed by atoms with E-state index >= 15 is 0 Å². The fourth-order valence-corrected chi connectivity index (χ4v) is 7.74. The number of benzene rings is 1. The molecule has 0 spiro atoms. The third kappa shape index (κ3) is 5.91. The zero-order chi connectivity index (χ0) is 27.6. The number of aryl methyl sites for hydroxylation is 1. The number of carbonyl (C=O) groups is 1. The molecule has 4 heterocycles. The number of anilines is 2. The highest BCUT2D eigenvalue weighted by Gasteiger charge is 2.32. The third-order valence-electron chi connectivity index (χ3n) is 6.49. The first-order valence-corrected chi connectivity index (χ1v) is 14.9. The molecule has 2 N–H and O–H groups in total. The van der Waals surface area contributed by atoms with Gasteiger partial charge in [-0.15, -0.1) is 0 Å². The van der Waals surface area contributed by atoms with Crippen LogP contribution in [0, 0.1) is 6.92 Å². The van der Waals surface area contributed by atoms with Crippen molar-refractivity contribution in [3.8, 4) is 11.1 Å². The van der Waals surface area contributed by atoms with Gasteiger partial charge >= 0.3 is 0 Å². The molecule has 0 radical (unpaired) electrons. The van der Waals surface area contributed by atoms with Crippen LogP contribution in [-0.4, -0.2) is 82.2 Å². The van der Waals surface area contributed by atoms with Gasteiger partial charge in [0.2, 0.25) is 5.91 Å². The molecule has 1 fully saturated rings. The Bertz CT molecular complexity index is 1590. The highest BCUT2D eigenvalue weighted by molar-refractivity contribution is 7.91. The van der Waals surface area contributed by atoms with Crippen LogP contribution in [0.3, 0.4) is 0 Å². The van der Waals surface area contributed by atoms with Crippen LogP contribution < -0.4 is 10.6 Å². The fourth-order valence-electron chi connectivity index (χ4n) is 4.72. The maximum atomic E-state index is 13.3. The molecule has 39 heavy (non-hydrogen) atoms. The molecule has 1 saturated heterocycles. The minimum atomic E-state index is -3.69. The number of pyridine rings is 1. The summed E-state index contributed by atoms with van der Waals surface area (Å²) in [7, 11) is -3.69. The molecule has 4 aromatic rings. The van der Waals surface area contributed by atoms with Crippen molar-refractivity contribution < 1.29 is 13.2 Å². The lowest BCUT2D eigenvalue weighted by atomic mass is 10.0. The van der Waals surface area contributed by atoms with E-state index in [0.717, 1.165) is 45.7 Å². The van der Waals surface area contributed by atoms with Crippen molar-refractivity contribution in [2.75, 3.05) is 43.4 Å². The van der Waals surface area contributed by atoms with Crippen molar-refractivity contribution in [1.82, 2.24) is 29.1 Å². The minimum absolute atomic E-state index is 0.0669. The Balaban J connectivity index is 1.23. The van der Waals surface area contributed by atoms with Crippen LogP contribution in [0.1, 0.15) is 19.5 Å². The van der Waals surface area contributed by atoms with Crippen LogP contribution in [0.25, 0.3) is 22.0 Å². The van der Waals surface area contributed by atoms with Crippen LogP contribution in [0.5, 0.6) is 0 Å². The number of hydrogen-bond acceptors (Lipinski definition) is 10. The number of hydrogen-bond donors (Lipinski definition) is 2. The van der Waals surface area contributed by atoms with E-state index in [1.807, 2.05) is 36.5 Å². The summed E-state index contributed by atoms with van der Waals surface area (Å²) < 4.78 is 28.2. The molecule has 5 rings (SSSR count). The number of fused-ring (bicyclic) bond motifs is 1. The predicted octanol–water partition coefficient (Wildman–Crippen LogP) is 3.22. The van der Waals surface area contributed by atoms with Crippen molar-refractivity contribution in [2.45, 2.75) is 31.0 Å². The topological polar surface area (TPSA) is 133 Å². The first kappa shape index (κ1) is 27.1. The van der Waals surface area contributed by atoms with E-state index < -0.39 is 10.0 Å². The average Bonchev–Trinajstić information content (AvgIpc) is 3.29. The SMILES string of the molecule is CC(=O)Nc1nc(C)c(S(=O)(=O)N2CCN(C[C@H](C)Nc3ncnc4c(-c5cccnc5)cccc34)CC2)s1. The highest BCUT2D eigenvalue weighted by atomic mass is 32.2. The molecule has 11 nitrogen and oxygen atoms in total. The largest absolute Gasteiger partial charge is 0.366 e. The van der Waals surface area contributed by atoms with Gasteiger partial charge in [0.1, 0.15) is 12.1 Å². The van der Waals surface area contributed by atoms with Gasteiger partial charge in [-0.05, 0) is 26.0 Å². The second-order valence-electron chi connectivity index (χ2n) is 9.49. The standard InChI is InChI=1S/C26H30N8O3S2/c1-17(30-24-22-8-4-7-21(23(22)28-16-29-24)20-6-5-9-27-14-20)15-33-10-12-34(13-11-33)39(36,37)25-18(2)31-26(38-25)32-19(3)35/h4-9,14,16-17H,10-13,15H2,1-3H3,(H,28,29,30)(H,31,32,35)/t17-/m0/s1. The molecule has 13 heteroatoms. The van der Waals surface area contributed by atoms with E-state index in [9.17, 15) is 13.2 Å². The van der Waals surface area contributed by atoms with E-state index in [4.69, 9.17) is 0 Å². The van der Waals surface area contributed by atoms with E-state index in [1.54, 1.807) is 19.4 Å². The van der Waals surface area contributed by atoms with Crippen molar-refractivity contribution in [3.05, 3.63) is 54.7 Å². The Morgan fingerprint density at radius 2 is 1.92 bits per heavy atom. The van der Waals surface area contributed by atoms with Crippen LogP contribution in [0.15, 0.2) is 53.3 Å². The van der Waals surface area contributed by atoms with Gasteiger partial charge in [0.05, 0.1) is 11.2 Å². The maximum absolute atomic E-state index is 13.3. The van der Waals surface area contributed by atoms with Crippen molar-refractivity contribution >= 4 is 49.1 Å². The van der Waals surface area contributed by atoms with Crippen molar-refractivity contribution in [3.63, 3.8) is 0 Å². The lowest BCUT2D eigenvalue weighted by Gasteiger charge is -2.35. The zero-order valence-corrected chi connectivity index (χ0v) is 23.6. The molecule has 0 aliphatic carbocycles. The summed E-state index contributed by atoms with van der Waals surface area (Å²) in [4.78, 5) is 31.1. The third-order valence-corrected chi connectivity index (χ3v) is 10.1. The number of rotatable bonds is 8. The highest BCUT2D eigenvalue weighted by Crippen LogP contribution is 2.31. The Morgan fingerprint density at radius 1 is 1.13 bits per heavy atom. The number of nitrogens with one attached hydrogen (secondary N) is 2. The fraction of sp³-hybridized carbons (Fsp3) is 0.346. The number of aromatic nitrogens is 4. The molecule has 3 aromatic heterocycles. The molecule has 1 aliphatic rings. The van der Waals surface area contributed by atoms with Gasteiger partial charge in [-0.3, -0.25) is 14.7 Å². The molecule has 1 aliphatic heterocycles. The molecular weight excluding hydrogens is 536 g/mol. The molecular formula is C26H30N8O3S2. The smallest absolute Gasteiger partial charge is 0.254 e. The first-order valence-electron chi connectivity index (χ1n) is 12.6. The number of sulfonamides is 1. The van der Waals surface area contributed by atoms with Crippen LogP contribution in [0.4, 0.5) is 10.9 Å². The van der Waals surface area contributed by atoms with Gasteiger partial charge in [-0.2, -0.15) is 4.31 Å². The van der Waals surface area contributed by atoms with Crippen molar-refractivity contribution in [1.29, 1.82) is 0 Å². The lowest BCUT2D eigenvalue weighted by molar-refractivity contribution is -0.114. The Hall–Kier alpha value is -3.52. The summed E-state index contributed by atoms with van der Waals surface area (Å²) in [5.41, 5.74) is 3.24. The lowest BCUT2D eigenvalue weighted by Crippen LogP contribution is -2.50. The van der Waals surface area contributed by atoms with Gasteiger partial charge < -0.3 is 10.6 Å². The van der Waals surface area contributed by atoms with E-state index in [0.29, 0.717) is 37.0 Å². The van der Waals surface area contributed by atoms with Gasteiger partial charge in [-0.25, -0.2) is 23.4 Å². The number of para-hydroxylation sites is 1. The molecule has 0 unspecified atom stereocenters. The summed E-state index contributed by atoms with van der Waals surface area (Å²) in [6.45, 7) is 7.82.